The molecule has 0 saturated carbocycles. The lowest BCUT2D eigenvalue weighted by Gasteiger charge is -2.22. The summed E-state index contributed by atoms with van der Waals surface area (Å²) in [5.74, 6) is -0.406. The lowest BCUT2D eigenvalue weighted by atomic mass is 9.86. The van der Waals surface area contributed by atoms with Gasteiger partial charge in [-0.3, -0.25) is 9.59 Å². The minimum Gasteiger partial charge on any atom is -0.483 e. The van der Waals surface area contributed by atoms with E-state index in [-0.39, 0.29) is 42.5 Å². The molecule has 0 heterocycles. The lowest BCUT2D eigenvalue weighted by Crippen LogP contribution is -2.37. The van der Waals surface area contributed by atoms with Gasteiger partial charge in [0.15, 0.2) is 6.61 Å². The summed E-state index contributed by atoms with van der Waals surface area (Å²) in [5.41, 5.74) is 1.67. The van der Waals surface area contributed by atoms with E-state index in [1.807, 2.05) is 24.3 Å². The van der Waals surface area contributed by atoms with Crippen LogP contribution in [0.2, 0.25) is 0 Å². The number of benzene rings is 2. The van der Waals surface area contributed by atoms with E-state index in [0.717, 1.165) is 5.56 Å². The summed E-state index contributed by atoms with van der Waals surface area (Å²) in [4.78, 5) is 24.0. The van der Waals surface area contributed by atoms with Crippen molar-refractivity contribution in [2.24, 2.45) is 0 Å². The average molecular weight is 386 g/mol. The third-order valence-corrected chi connectivity index (χ3v) is 4.22. The van der Waals surface area contributed by atoms with Gasteiger partial charge in [0.25, 0.3) is 11.8 Å². The van der Waals surface area contributed by atoms with Crippen molar-refractivity contribution >= 4 is 11.8 Å². The molecule has 2 rings (SSSR count). The fourth-order valence-electron chi connectivity index (χ4n) is 2.62. The first-order chi connectivity index (χ1) is 13.2. The van der Waals surface area contributed by atoms with Gasteiger partial charge in [-0.2, -0.15) is 0 Å². The highest BCUT2D eigenvalue weighted by Gasteiger charge is 2.18. The van der Waals surface area contributed by atoms with Crippen LogP contribution in [0.5, 0.6) is 5.75 Å². The molecule has 2 N–H and O–H groups in total. The first-order valence-electron chi connectivity index (χ1n) is 9.22. The maximum atomic E-state index is 13.5. The Hall–Kier alpha value is -2.89. The molecule has 2 aromatic rings. The fraction of sp³-hybridized carbons (Fsp3) is 0.364. The summed E-state index contributed by atoms with van der Waals surface area (Å²) in [6.07, 6.45) is 0. The third kappa shape index (κ3) is 6.08. The summed E-state index contributed by atoms with van der Waals surface area (Å²) in [6, 6.07) is 11.9. The van der Waals surface area contributed by atoms with Crippen molar-refractivity contribution in [3.63, 3.8) is 0 Å². The maximum Gasteiger partial charge on any atom is 0.258 e. The highest BCUT2D eigenvalue weighted by molar-refractivity contribution is 5.94. The molecule has 5 nitrogen and oxygen atoms in total. The van der Waals surface area contributed by atoms with Crippen LogP contribution in [0.3, 0.4) is 0 Å². The summed E-state index contributed by atoms with van der Waals surface area (Å²) >= 11 is 0. The molecule has 0 unspecified atom stereocenters. The van der Waals surface area contributed by atoms with Gasteiger partial charge in [-0.05, 0) is 41.7 Å². The van der Waals surface area contributed by atoms with Crippen molar-refractivity contribution in [1.82, 2.24) is 10.6 Å². The second kappa shape index (κ2) is 9.35. The summed E-state index contributed by atoms with van der Waals surface area (Å²) in [6.45, 7) is 8.26. The Morgan fingerprint density at radius 1 is 1.04 bits per heavy atom. The zero-order chi connectivity index (χ0) is 20.7. The van der Waals surface area contributed by atoms with Crippen LogP contribution in [0.1, 0.15) is 42.3 Å². The number of hydrogen-bond acceptors (Lipinski definition) is 3. The van der Waals surface area contributed by atoms with Gasteiger partial charge in [-0.25, -0.2) is 4.39 Å². The molecule has 6 heteroatoms. The Balaban J connectivity index is 1.75. The number of aryl methyl sites for hydroxylation is 1. The molecule has 0 bridgehead atoms. The molecule has 0 fully saturated rings. The number of para-hydroxylation sites is 1. The van der Waals surface area contributed by atoms with E-state index in [2.05, 4.69) is 31.4 Å². The number of ether oxygens (including phenoxy) is 1. The highest BCUT2D eigenvalue weighted by atomic mass is 19.1. The van der Waals surface area contributed by atoms with Crippen LogP contribution in [0.25, 0.3) is 0 Å². The standard InChI is InChI=1S/C22H27FN2O3/c1-15-9-10-16(13-18(15)23)21(27)25-12-11-24-20(26)14-28-19-8-6-5-7-17(19)22(2,3)4/h5-10,13H,11-12,14H2,1-4H3,(H,24,26)(H,25,27). The van der Waals surface area contributed by atoms with Crippen molar-refractivity contribution in [1.29, 1.82) is 0 Å². The predicted octanol–water partition coefficient (Wildman–Crippen LogP) is 3.36. The van der Waals surface area contributed by atoms with E-state index in [0.29, 0.717) is 11.3 Å². The van der Waals surface area contributed by atoms with Gasteiger partial charge >= 0.3 is 0 Å². The zero-order valence-electron chi connectivity index (χ0n) is 16.8. The van der Waals surface area contributed by atoms with E-state index in [9.17, 15) is 14.0 Å². The van der Waals surface area contributed by atoms with Crippen LogP contribution in [0.4, 0.5) is 4.39 Å². The van der Waals surface area contributed by atoms with Crippen LogP contribution < -0.4 is 15.4 Å². The van der Waals surface area contributed by atoms with Gasteiger partial charge < -0.3 is 15.4 Å². The summed E-state index contributed by atoms with van der Waals surface area (Å²) in [7, 11) is 0. The molecule has 0 radical (unpaired) electrons. The highest BCUT2D eigenvalue weighted by Crippen LogP contribution is 2.30. The van der Waals surface area contributed by atoms with Crippen molar-refractivity contribution in [2.75, 3.05) is 19.7 Å². The average Bonchev–Trinajstić information content (AvgIpc) is 2.65. The number of nitrogens with one attached hydrogen (secondary N) is 2. The Bertz CT molecular complexity index is 844. The van der Waals surface area contributed by atoms with Gasteiger partial charge in [0.05, 0.1) is 0 Å². The van der Waals surface area contributed by atoms with Gasteiger partial charge in [-0.1, -0.05) is 45.0 Å². The smallest absolute Gasteiger partial charge is 0.258 e. The largest absolute Gasteiger partial charge is 0.483 e. The molecule has 0 saturated heterocycles. The molecule has 0 aliphatic carbocycles. The number of hydrogen-bond donors (Lipinski definition) is 2. The van der Waals surface area contributed by atoms with E-state index < -0.39 is 5.82 Å². The molecule has 0 aromatic heterocycles. The Kier molecular flexibility index (Phi) is 7.15. The molecule has 0 spiro atoms. The molecular weight excluding hydrogens is 359 g/mol. The number of carbonyl (C=O) groups excluding carboxylic acids is 2. The Labute approximate surface area is 165 Å². The Morgan fingerprint density at radius 2 is 1.71 bits per heavy atom. The first kappa shape index (κ1) is 21.4. The zero-order valence-corrected chi connectivity index (χ0v) is 16.8. The van der Waals surface area contributed by atoms with E-state index in [1.165, 1.54) is 6.07 Å². The minimum atomic E-state index is -0.423. The molecule has 28 heavy (non-hydrogen) atoms. The second-order valence-electron chi connectivity index (χ2n) is 7.60. The van der Waals surface area contributed by atoms with Gasteiger partial charge in [0.2, 0.25) is 0 Å². The van der Waals surface area contributed by atoms with Gasteiger partial charge in [0.1, 0.15) is 11.6 Å². The van der Waals surface area contributed by atoms with Gasteiger partial charge in [-0.15, -0.1) is 0 Å². The van der Waals surface area contributed by atoms with E-state index in [1.54, 1.807) is 19.1 Å². The van der Waals surface area contributed by atoms with Crippen molar-refractivity contribution in [3.8, 4) is 5.75 Å². The van der Waals surface area contributed by atoms with E-state index in [4.69, 9.17) is 4.74 Å². The molecule has 0 atom stereocenters. The lowest BCUT2D eigenvalue weighted by molar-refractivity contribution is -0.123. The van der Waals surface area contributed by atoms with E-state index >= 15 is 0 Å². The minimum absolute atomic E-state index is 0.0905. The molecule has 0 aliphatic heterocycles. The Morgan fingerprint density at radius 3 is 2.39 bits per heavy atom. The van der Waals surface area contributed by atoms with Crippen LogP contribution in [-0.2, 0) is 10.2 Å². The van der Waals surface area contributed by atoms with Crippen molar-refractivity contribution in [3.05, 3.63) is 65.0 Å². The van der Waals surface area contributed by atoms with Gasteiger partial charge in [0, 0.05) is 18.7 Å². The number of halogens is 1. The van der Waals surface area contributed by atoms with Crippen LogP contribution in [-0.4, -0.2) is 31.5 Å². The summed E-state index contributed by atoms with van der Waals surface area (Å²) < 4.78 is 19.2. The molecular formula is C22H27FN2O3. The molecule has 2 aromatic carbocycles. The molecule has 2 amide bonds. The van der Waals surface area contributed by atoms with Crippen LogP contribution in [0, 0.1) is 12.7 Å². The summed E-state index contributed by atoms with van der Waals surface area (Å²) in [5, 5.41) is 5.33. The third-order valence-electron chi connectivity index (χ3n) is 4.22. The quantitative estimate of drug-likeness (QED) is 0.717. The monoisotopic (exact) mass is 386 g/mol. The van der Waals surface area contributed by atoms with Crippen LogP contribution in [0.15, 0.2) is 42.5 Å². The first-order valence-corrected chi connectivity index (χ1v) is 9.22. The topological polar surface area (TPSA) is 67.4 Å². The molecule has 0 aliphatic rings. The van der Waals surface area contributed by atoms with Crippen molar-refractivity contribution < 1.29 is 18.7 Å². The van der Waals surface area contributed by atoms with Crippen molar-refractivity contribution in [2.45, 2.75) is 33.1 Å². The fourth-order valence-corrected chi connectivity index (χ4v) is 2.62. The normalized spacial score (nSPS) is 11.0. The number of rotatable bonds is 7. The number of amides is 2. The number of carbonyl (C=O) groups is 2. The second-order valence-corrected chi connectivity index (χ2v) is 7.60. The maximum absolute atomic E-state index is 13.5. The van der Waals surface area contributed by atoms with Crippen LogP contribution >= 0.6 is 0 Å². The molecule has 150 valence electrons. The SMILES string of the molecule is Cc1ccc(C(=O)NCCNC(=O)COc2ccccc2C(C)(C)C)cc1F. The predicted molar refractivity (Wildman–Crippen MR) is 107 cm³/mol.